The van der Waals surface area contributed by atoms with E-state index in [0.717, 1.165) is 12.8 Å². The number of rotatable bonds is 1. The lowest BCUT2D eigenvalue weighted by Gasteiger charge is -2.22. The Labute approximate surface area is 55.1 Å². The third-order valence-corrected chi connectivity index (χ3v) is 2.14. The van der Waals surface area contributed by atoms with Crippen molar-refractivity contribution < 1.29 is 5.11 Å². The summed E-state index contributed by atoms with van der Waals surface area (Å²) < 4.78 is 0. The number of nitriles is 1. The highest BCUT2D eigenvalue weighted by Crippen LogP contribution is 2.53. The van der Waals surface area contributed by atoms with Crippen LogP contribution in [-0.4, -0.2) is 10.7 Å². The monoisotopic (exact) mass is 125 g/mol. The van der Waals surface area contributed by atoms with Gasteiger partial charge < -0.3 is 5.11 Å². The number of nitrogens with zero attached hydrogens (tertiary/aromatic N) is 1. The fraction of sp³-hybridized carbons (Fsp3) is 0.857. The van der Waals surface area contributed by atoms with Crippen LogP contribution in [0.25, 0.3) is 0 Å². The molecule has 50 valence electrons. The van der Waals surface area contributed by atoms with Crippen LogP contribution in [0.15, 0.2) is 0 Å². The Morgan fingerprint density at radius 1 is 1.56 bits per heavy atom. The van der Waals surface area contributed by atoms with Gasteiger partial charge in [0.25, 0.3) is 0 Å². The molecular formula is C7H11NO. The lowest BCUT2D eigenvalue weighted by atomic mass is 9.89. The van der Waals surface area contributed by atoms with Gasteiger partial charge in [-0.05, 0) is 26.7 Å². The van der Waals surface area contributed by atoms with Gasteiger partial charge in [-0.3, -0.25) is 0 Å². The Kier molecular flexibility index (Phi) is 1.08. The first-order chi connectivity index (χ1) is 4.02. The Morgan fingerprint density at radius 3 is 2.00 bits per heavy atom. The van der Waals surface area contributed by atoms with Crippen LogP contribution in [0.1, 0.15) is 26.7 Å². The zero-order chi connectivity index (χ0) is 7.12. The predicted octanol–water partition coefficient (Wildman–Crippen LogP) is 1.06. The van der Waals surface area contributed by atoms with E-state index in [2.05, 4.69) is 6.07 Å². The second kappa shape index (κ2) is 1.48. The first kappa shape index (κ1) is 6.57. The molecular weight excluding hydrogens is 114 g/mol. The minimum Gasteiger partial charge on any atom is -0.389 e. The lowest BCUT2D eigenvalue weighted by molar-refractivity contribution is 0.0280. The summed E-state index contributed by atoms with van der Waals surface area (Å²) in [5.41, 5.74) is -1.21. The first-order valence-electron chi connectivity index (χ1n) is 3.15. The Balaban J connectivity index is 2.75. The van der Waals surface area contributed by atoms with Crippen molar-refractivity contribution in [3.05, 3.63) is 0 Å². The van der Waals surface area contributed by atoms with Crippen molar-refractivity contribution in [1.82, 2.24) is 0 Å². The molecule has 2 nitrogen and oxygen atoms in total. The third-order valence-electron chi connectivity index (χ3n) is 2.14. The maximum absolute atomic E-state index is 9.39. The molecule has 0 saturated heterocycles. The maximum Gasteiger partial charge on any atom is 0.0856 e. The molecule has 0 aromatic rings. The fourth-order valence-electron chi connectivity index (χ4n) is 0.985. The van der Waals surface area contributed by atoms with E-state index in [9.17, 15) is 5.11 Å². The summed E-state index contributed by atoms with van der Waals surface area (Å²) in [5, 5.41) is 18.0. The highest BCUT2D eigenvalue weighted by atomic mass is 16.3. The van der Waals surface area contributed by atoms with E-state index in [-0.39, 0.29) is 0 Å². The van der Waals surface area contributed by atoms with Gasteiger partial charge in [0, 0.05) is 0 Å². The van der Waals surface area contributed by atoms with Crippen molar-refractivity contribution in [1.29, 1.82) is 5.26 Å². The summed E-state index contributed by atoms with van der Waals surface area (Å²) in [6.07, 6.45) is 1.71. The molecule has 2 heteroatoms. The van der Waals surface area contributed by atoms with Gasteiger partial charge in [-0.2, -0.15) is 5.26 Å². The quantitative estimate of drug-likeness (QED) is 0.569. The van der Waals surface area contributed by atoms with Gasteiger partial charge in [0.2, 0.25) is 0 Å². The normalized spacial score (nSPS) is 22.9. The minimum atomic E-state index is -0.804. The molecule has 0 spiro atoms. The van der Waals surface area contributed by atoms with Crippen molar-refractivity contribution in [2.45, 2.75) is 32.3 Å². The van der Waals surface area contributed by atoms with Crippen molar-refractivity contribution >= 4 is 0 Å². The van der Waals surface area contributed by atoms with Crippen LogP contribution in [0.2, 0.25) is 0 Å². The van der Waals surface area contributed by atoms with E-state index in [1.807, 2.05) is 0 Å². The molecule has 9 heavy (non-hydrogen) atoms. The predicted molar refractivity (Wildman–Crippen MR) is 33.6 cm³/mol. The van der Waals surface area contributed by atoms with E-state index >= 15 is 0 Å². The molecule has 1 aliphatic rings. The molecule has 1 N–H and O–H groups in total. The van der Waals surface area contributed by atoms with Crippen LogP contribution >= 0.6 is 0 Å². The summed E-state index contributed by atoms with van der Waals surface area (Å²) >= 11 is 0. The molecule has 0 amide bonds. The van der Waals surface area contributed by atoms with Crippen molar-refractivity contribution in [2.75, 3.05) is 0 Å². The van der Waals surface area contributed by atoms with Gasteiger partial charge in [0.1, 0.15) is 0 Å². The molecule has 1 fully saturated rings. The minimum absolute atomic E-state index is 0.410. The molecule has 0 bridgehead atoms. The smallest absolute Gasteiger partial charge is 0.0856 e. The number of aliphatic hydroxyl groups is 1. The number of hydrogen-bond donors (Lipinski definition) is 1. The zero-order valence-corrected chi connectivity index (χ0v) is 5.81. The average molecular weight is 125 g/mol. The van der Waals surface area contributed by atoms with Crippen LogP contribution < -0.4 is 0 Å². The lowest BCUT2D eigenvalue weighted by Crippen LogP contribution is -2.31. The molecule has 0 aromatic carbocycles. The molecule has 0 heterocycles. The summed E-state index contributed by atoms with van der Waals surface area (Å²) in [6.45, 7) is 3.40. The molecule has 0 radical (unpaired) electrons. The molecule has 1 rings (SSSR count). The Bertz CT molecular complexity index is 157. The second-order valence-electron chi connectivity index (χ2n) is 3.25. The van der Waals surface area contributed by atoms with Crippen molar-refractivity contribution in [3.8, 4) is 6.07 Å². The van der Waals surface area contributed by atoms with Crippen LogP contribution in [0.4, 0.5) is 0 Å². The average Bonchev–Trinajstić information content (AvgIpc) is 2.40. The molecule has 0 unspecified atom stereocenters. The van der Waals surface area contributed by atoms with E-state index in [4.69, 9.17) is 5.26 Å². The van der Waals surface area contributed by atoms with Crippen molar-refractivity contribution in [3.63, 3.8) is 0 Å². The summed E-state index contributed by atoms with van der Waals surface area (Å²) in [5.74, 6) is 0. The molecule has 0 atom stereocenters. The van der Waals surface area contributed by atoms with Gasteiger partial charge >= 0.3 is 0 Å². The topological polar surface area (TPSA) is 44.0 Å². The van der Waals surface area contributed by atoms with Gasteiger partial charge in [-0.15, -0.1) is 0 Å². The fourth-order valence-corrected chi connectivity index (χ4v) is 0.985. The van der Waals surface area contributed by atoms with E-state index < -0.39 is 11.0 Å². The third kappa shape index (κ3) is 0.818. The van der Waals surface area contributed by atoms with Crippen LogP contribution in [0.5, 0.6) is 0 Å². The highest BCUT2D eigenvalue weighted by Gasteiger charge is 2.54. The van der Waals surface area contributed by atoms with Crippen LogP contribution in [0, 0.1) is 16.7 Å². The van der Waals surface area contributed by atoms with E-state index in [0.29, 0.717) is 0 Å². The zero-order valence-electron chi connectivity index (χ0n) is 5.81. The highest BCUT2D eigenvalue weighted by molar-refractivity contribution is 5.17. The van der Waals surface area contributed by atoms with Gasteiger partial charge in [0.15, 0.2) is 0 Å². The maximum atomic E-state index is 9.39. The molecule has 1 saturated carbocycles. The van der Waals surface area contributed by atoms with Crippen molar-refractivity contribution in [2.24, 2.45) is 5.41 Å². The second-order valence-corrected chi connectivity index (χ2v) is 3.25. The SMILES string of the molecule is CC(C)(O)C1(C#N)CC1. The number of hydrogen-bond acceptors (Lipinski definition) is 2. The van der Waals surface area contributed by atoms with Gasteiger partial charge in [-0.25, -0.2) is 0 Å². The molecule has 0 aromatic heterocycles. The van der Waals surface area contributed by atoms with Gasteiger partial charge in [-0.1, -0.05) is 0 Å². The summed E-state index contributed by atoms with van der Waals surface area (Å²) in [4.78, 5) is 0. The standard InChI is InChI=1S/C7H11NO/c1-6(2,9)7(5-8)3-4-7/h9H,3-4H2,1-2H3. The van der Waals surface area contributed by atoms with Crippen LogP contribution in [-0.2, 0) is 0 Å². The van der Waals surface area contributed by atoms with Crippen LogP contribution in [0.3, 0.4) is 0 Å². The summed E-state index contributed by atoms with van der Waals surface area (Å²) in [7, 11) is 0. The largest absolute Gasteiger partial charge is 0.389 e. The Morgan fingerprint density at radius 2 is 2.00 bits per heavy atom. The first-order valence-corrected chi connectivity index (χ1v) is 3.15. The molecule has 0 aliphatic heterocycles. The van der Waals surface area contributed by atoms with E-state index in [1.54, 1.807) is 13.8 Å². The summed E-state index contributed by atoms with van der Waals surface area (Å²) in [6, 6.07) is 2.14. The van der Waals surface area contributed by atoms with Gasteiger partial charge in [0.05, 0.1) is 17.1 Å². The Hall–Kier alpha value is -0.550. The van der Waals surface area contributed by atoms with E-state index in [1.165, 1.54) is 0 Å². The molecule has 1 aliphatic carbocycles.